The van der Waals surface area contributed by atoms with E-state index in [0.29, 0.717) is 38.4 Å². The van der Waals surface area contributed by atoms with Crippen LogP contribution in [0.2, 0.25) is 0 Å². The van der Waals surface area contributed by atoms with Gasteiger partial charge in [0.2, 0.25) is 0 Å². The highest BCUT2D eigenvalue weighted by atomic mass is 16.6. The Labute approximate surface area is 183 Å². The Hall–Kier alpha value is -2.57. The van der Waals surface area contributed by atoms with Gasteiger partial charge in [0, 0.05) is 12.8 Å². The van der Waals surface area contributed by atoms with E-state index in [4.69, 9.17) is 14.2 Å². The van der Waals surface area contributed by atoms with E-state index in [-0.39, 0.29) is 18.2 Å². The zero-order chi connectivity index (χ0) is 22.1. The van der Waals surface area contributed by atoms with E-state index in [9.17, 15) is 9.90 Å². The van der Waals surface area contributed by atoms with Crippen molar-refractivity contribution in [3.05, 3.63) is 65.7 Å². The predicted molar refractivity (Wildman–Crippen MR) is 117 cm³/mol. The summed E-state index contributed by atoms with van der Waals surface area (Å²) in [7, 11) is 0. The average Bonchev–Trinajstić information content (AvgIpc) is 2.71. The number of aliphatic hydroxyl groups is 1. The van der Waals surface area contributed by atoms with Crippen LogP contribution < -0.4 is 4.74 Å². The van der Waals surface area contributed by atoms with Gasteiger partial charge in [-0.3, -0.25) is 4.90 Å². The van der Waals surface area contributed by atoms with Crippen molar-refractivity contribution in [2.75, 3.05) is 13.2 Å². The molecule has 2 aromatic carbocycles. The van der Waals surface area contributed by atoms with E-state index in [1.165, 1.54) is 0 Å². The molecule has 166 valence electrons. The van der Waals surface area contributed by atoms with Crippen molar-refractivity contribution in [2.24, 2.45) is 0 Å². The lowest BCUT2D eigenvalue weighted by molar-refractivity contribution is -0.141. The number of rotatable bonds is 4. The molecule has 2 atom stereocenters. The summed E-state index contributed by atoms with van der Waals surface area (Å²) in [6.45, 7) is 6.83. The van der Waals surface area contributed by atoms with Crippen molar-refractivity contribution < 1.29 is 24.1 Å². The van der Waals surface area contributed by atoms with Crippen molar-refractivity contribution in [1.29, 1.82) is 0 Å². The zero-order valence-corrected chi connectivity index (χ0v) is 18.4. The second-order valence-corrected chi connectivity index (χ2v) is 9.47. The lowest BCUT2D eigenvalue weighted by atomic mass is 9.77. The maximum absolute atomic E-state index is 12.8. The number of morpholine rings is 1. The molecule has 4 rings (SSSR count). The number of carbonyl (C=O) groups is 1. The van der Waals surface area contributed by atoms with Gasteiger partial charge in [0.05, 0.1) is 30.9 Å². The minimum atomic E-state index is -1.05. The minimum absolute atomic E-state index is 0.235. The van der Waals surface area contributed by atoms with Gasteiger partial charge < -0.3 is 19.3 Å². The molecular formula is C25H31NO5. The standard InChI is InChI=1S/C25H31NO5/c1-24(2,3)31-23(27)26-20-13-25(28,14-21(26)17-29-16-20)19-10-7-11-22(12-19)30-15-18-8-5-4-6-9-18/h4-12,20-21,28H,13-17H2,1-3H3. The lowest BCUT2D eigenvalue weighted by Gasteiger charge is -2.51. The van der Waals surface area contributed by atoms with Crippen molar-refractivity contribution in [2.45, 2.75) is 63.5 Å². The molecule has 2 unspecified atom stereocenters. The molecule has 2 aliphatic heterocycles. The molecule has 2 fully saturated rings. The van der Waals surface area contributed by atoms with Crippen molar-refractivity contribution >= 4 is 6.09 Å². The van der Waals surface area contributed by atoms with Gasteiger partial charge in [-0.2, -0.15) is 0 Å². The van der Waals surface area contributed by atoms with Crippen molar-refractivity contribution in [1.82, 2.24) is 4.90 Å². The fraction of sp³-hybridized carbons (Fsp3) is 0.480. The number of benzene rings is 2. The number of amides is 1. The summed E-state index contributed by atoms with van der Waals surface area (Å²) in [4.78, 5) is 14.6. The summed E-state index contributed by atoms with van der Waals surface area (Å²) in [5.41, 5.74) is 0.275. The van der Waals surface area contributed by atoms with Crippen LogP contribution in [-0.4, -0.2) is 47.0 Å². The SMILES string of the molecule is CC(C)(C)OC(=O)N1C2COCC1CC(O)(c1cccc(OCc3ccccc3)c1)C2. The van der Waals surface area contributed by atoms with Crippen LogP contribution in [0.15, 0.2) is 54.6 Å². The molecule has 0 spiro atoms. The molecule has 2 aliphatic rings. The predicted octanol–water partition coefficient (Wildman–Crippen LogP) is 4.25. The largest absolute Gasteiger partial charge is 0.489 e. The van der Waals surface area contributed by atoms with E-state index in [1.54, 1.807) is 4.90 Å². The van der Waals surface area contributed by atoms with E-state index < -0.39 is 11.2 Å². The second-order valence-electron chi connectivity index (χ2n) is 9.47. The fourth-order valence-corrected chi connectivity index (χ4v) is 4.44. The molecule has 6 nitrogen and oxygen atoms in total. The van der Waals surface area contributed by atoms with Gasteiger partial charge in [0.15, 0.2) is 0 Å². The molecule has 0 saturated carbocycles. The Kier molecular flexibility index (Phi) is 5.95. The van der Waals surface area contributed by atoms with Gasteiger partial charge in [0.25, 0.3) is 0 Å². The molecule has 2 aromatic rings. The van der Waals surface area contributed by atoms with Crippen LogP contribution in [0.4, 0.5) is 4.79 Å². The third-order valence-corrected chi connectivity index (χ3v) is 5.78. The topological polar surface area (TPSA) is 68.2 Å². The Morgan fingerprint density at radius 3 is 2.42 bits per heavy atom. The van der Waals surface area contributed by atoms with Crippen LogP contribution in [0.1, 0.15) is 44.7 Å². The number of fused-ring (bicyclic) bond motifs is 2. The third kappa shape index (κ3) is 5.02. The van der Waals surface area contributed by atoms with Gasteiger partial charge in [-0.15, -0.1) is 0 Å². The average molecular weight is 426 g/mol. The van der Waals surface area contributed by atoms with E-state index in [1.807, 2.05) is 75.4 Å². The third-order valence-electron chi connectivity index (χ3n) is 5.78. The molecule has 2 saturated heterocycles. The van der Waals surface area contributed by atoms with Crippen LogP contribution in [0, 0.1) is 0 Å². The van der Waals surface area contributed by atoms with Crippen molar-refractivity contribution in [3.63, 3.8) is 0 Å². The van der Waals surface area contributed by atoms with Gasteiger partial charge >= 0.3 is 6.09 Å². The van der Waals surface area contributed by atoms with Gasteiger partial charge in [-0.25, -0.2) is 4.79 Å². The number of nitrogens with zero attached hydrogens (tertiary/aromatic N) is 1. The molecule has 31 heavy (non-hydrogen) atoms. The zero-order valence-electron chi connectivity index (χ0n) is 18.4. The van der Waals surface area contributed by atoms with E-state index in [2.05, 4.69) is 0 Å². The van der Waals surface area contributed by atoms with Gasteiger partial charge in [-0.05, 0) is 44.0 Å². The summed E-state index contributed by atoms with van der Waals surface area (Å²) >= 11 is 0. The highest BCUT2D eigenvalue weighted by Gasteiger charge is 2.49. The Morgan fingerprint density at radius 2 is 1.77 bits per heavy atom. The normalized spacial score (nSPS) is 25.7. The number of hydrogen-bond donors (Lipinski definition) is 1. The second kappa shape index (κ2) is 8.52. The van der Waals surface area contributed by atoms with Crippen LogP contribution in [-0.2, 0) is 21.7 Å². The number of hydrogen-bond acceptors (Lipinski definition) is 5. The number of piperidine rings is 1. The Balaban J connectivity index is 1.49. The Bertz CT molecular complexity index is 894. The highest BCUT2D eigenvalue weighted by molar-refractivity contribution is 5.69. The quantitative estimate of drug-likeness (QED) is 0.793. The maximum atomic E-state index is 12.8. The molecule has 1 amide bonds. The first-order valence-electron chi connectivity index (χ1n) is 10.8. The first kappa shape index (κ1) is 21.7. The lowest BCUT2D eigenvalue weighted by Crippen LogP contribution is -2.63. The monoisotopic (exact) mass is 425 g/mol. The van der Waals surface area contributed by atoms with Gasteiger partial charge in [0.1, 0.15) is 18.0 Å². The first-order valence-corrected chi connectivity index (χ1v) is 10.8. The van der Waals surface area contributed by atoms with Crippen LogP contribution in [0.25, 0.3) is 0 Å². The van der Waals surface area contributed by atoms with Crippen LogP contribution in [0.5, 0.6) is 5.75 Å². The molecule has 0 aliphatic carbocycles. The van der Waals surface area contributed by atoms with Crippen LogP contribution in [0.3, 0.4) is 0 Å². The van der Waals surface area contributed by atoms with E-state index >= 15 is 0 Å². The molecular weight excluding hydrogens is 394 g/mol. The molecule has 6 heteroatoms. The molecule has 0 aromatic heterocycles. The summed E-state index contributed by atoms with van der Waals surface area (Å²) in [5, 5.41) is 11.6. The maximum Gasteiger partial charge on any atom is 0.410 e. The molecule has 2 heterocycles. The highest BCUT2D eigenvalue weighted by Crippen LogP contribution is 2.42. The molecule has 1 N–H and O–H groups in total. The fourth-order valence-electron chi connectivity index (χ4n) is 4.44. The van der Waals surface area contributed by atoms with Gasteiger partial charge in [-0.1, -0.05) is 42.5 Å². The number of ether oxygens (including phenoxy) is 3. The molecule has 2 bridgehead atoms. The smallest absolute Gasteiger partial charge is 0.410 e. The number of carbonyl (C=O) groups excluding carboxylic acids is 1. The summed E-state index contributed by atoms with van der Waals surface area (Å²) in [6.07, 6.45) is 0.447. The Morgan fingerprint density at radius 1 is 1.10 bits per heavy atom. The minimum Gasteiger partial charge on any atom is -0.489 e. The molecule has 0 radical (unpaired) electrons. The summed E-state index contributed by atoms with van der Waals surface area (Å²) in [6, 6.07) is 17.1. The summed E-state index contributed by atoms with van der Waals surface area (Å²) < 4.78 is 17.3. The van der Waals surface area contributed by atoms with Crippen molar-refractivity contribution in [3.8, 4) is 5.75 Å². The van der Waals surface area contributed by atoms with Crippen LogP contribution >= 0.6 is 0 Å². The first-order chi connectivity index (χ1) is 14.7. The summed E-state index contributed by atoms with van der Waals surface area (Å²) in [5.74, 6) is 0.714. The van der Waals surface area contributed by atoms with E-state index in [0.717, 1.165) is 11.1 Å².